The van der Waals surface area contributed by atoms with E-state index in [1.807, 2.05) is 35.7 Å². The largest absolute Gasteiger partial charge is 0.314 e. The predicted molar refractivity (Wildman–Crippen MR) is 82.8 cm³/mol. The minimum Gasteiger partial charge on any atom is -0.314 e. The van der Waals surface area contributed by atoms with Gasteiger partial charge >= 0.3 is 0 Å². The van der Waals surface area contributed by atoms with Crippen LogP contribution in [0.4, 0.5) is 5.13 Å². The number of carbonyl (C=O) groups excluding carboxylic acids is 1. The Morgan fingerprint density at radius 1 is 1.35 bits per heavy atom. The van der Waals surface area contributed by atoms with Gasteiger partial charge in [-0.05, 0) is 18.4 Å². The van der Waals surface area contributed by atoms with Crippen LogP contribution in [0, 0.1) is 0 Å². The molecule has 0 aliphatic carbocycles. The number of benzene rings is 1. The van der Waals surface area contributed by atoms with Gasteiger partial charge in [0.25, 0.3) is 5.91 Å². The summed E-state index contributed by atoms with van der Waals surface area (Å²) in [5.41, 5.74) is 6.83. The summed E-state index contributed by atoms with van der Waals surface area (Å²) in [6.45, 7) is 5.84. The summed E-state index contributed by atoms with van der Waals surface area (Å²) in [5, 5.41) is 5.34. The molecular weight excluding hydrogens is 270 g/mol. The van der Waals surface area contributed by atoms with Crippen LogP contribution in [0.25, 0.3) is 0 Å². The normalized spacial score (nSPS) is 14.1. The fourth-order valence-corrected chi connectivity index (χ4v) is 2.62. The molecule has 1 atom stereocenters. The van der Waals surface area contributed by atoms with E-state index in [0.717, 1.165) is 11.3 Å². The molecule has 1 aromatic carbocycles. The molecule has 0 aliphatic rings. The van der Waals surface area contributed by atoms with Crippen LogP contribution in [0.2, 0.25) is 0 Å². The lowest BCUT2D eigenvalue weighted by Crippen LogP contribution is -2.45. The topological polar surface area (TPSA) is 68.0 Å². The molecule has 106 valence electrons. The van der Waals surface area contributed by atoms with Crippen molar-refractivity contribution in [3.8, 4) is 0 Å². The van der Waals surface area contributed by atoms with Gasteiger partial charge < -0.3 is 11.1 Å². The summed E-state index contributed by atoms with van der Waals surface area (Å²) >= 11 is 1.42. The van der Waals surface area contributed by atoms with Crippen molar-refractivity contribution in [1.82, 2.24) is 4.98 Å². The van der Waals surface area contributed by atoms with E-state index in [1.165, 1.54) is 11.3 Å². The van der Waals surface area contributed by atoms with E-state index < -0.39 is 5.54 Å². The number of nitrogens with zero attached hydrogens (tertiary/aromatic N) is 1. The minimum absolute atomic E-state index is 0.256. The van der Waals surface area contributed by atoms with E-state index in [4.69, 9.17) is 5.73 Å². The number of rotatable bonds is 4. The Bertz CT molecular complexity index is 590. The van der Waals surface area contributed by atoms with Crippen molar-refractivity contribution in [3.63, 3.8) is 0 Å². The van der Waals surface area contributed by atoms with Crippen LogP contribution in [0.5, 0.6) is 0 Å². The number of aromatic nitrogens is 1. The Morgan fingerprint density at radius 3 is 2.55 bits per heavy atom. The lowest BCUT2D eigenvalue weighted by molar-refractivity contribution is -0.120. The van der Waals surface area contributed by atoms with Crippen molar-refractivity contribution in [2.45, 2.75) is 32.2 Å². The van der Waals surface area contributed by atoms with Crippen LogP contribution >= 0.6 is 11.3 Å². The second kappa shape index (κ2) is 5.73. The van der Waals surface area contributed by atoms with Crippen LogP contribution in [0.15, 0.2) is 35.7 Å². The second-order valence-electron chi connectivity index (χ2n) is 5.25. The molecular formula is C15H19N3OS. The minimum atomic E-state index is -1.08. The maximum atomic E-state index is 12.3. The Hall–Kier alpha value is -1.72. The molecule has 0 fully saturated rings. The zero-order valence-electron chi connectivity index (χ0n) is 11.9. The van der Waals surface area contributed by atoms with Crippen LogP contribution in [0.1, 0.15) is 37.9 Å². The molecule has 0 spiro atoms. The molecule has 0 bridgehead atoms. The van der Waals surface area contributed by atoms with Gasteiger partial charge in [-0.25, -0.2) is 4.98 Å². The standard InChI is InChI=1S/C15H19N3OS/c1-10(2)12-9-20-14(17-12)18-13(19)15(3,16)11-7-5-4-6-8-11/h4-10H,16H2,1-3H3,(H,17,18,19). The van der Waals surface area contributed by atoms with E-state index in [1.54, 1.807) is 6.92 Å². The number of thiazole rings is 1. The molecule has 5 heteroatoms. The number of nitrogens with one attached hydrogen (secondary N) is 1. The highest BCUT2D eigenvalue weighted by atomic mass is 32.1. The van der Waals surface area contributed by atoms with Crippen molar-refractivity contribution in [2.24, 2.45) is 5.73 Å². The molecule has 1 aromatic heterocycles. The first-order valence-electron chi connectivity index (χ1n) is 6.52. The highest BCUT2D eigenvalue weighted by Crippen LogP contribution is 2.24. The van der Waals surface area contributed by atoms with Gasteiger partial charge in [-0.15, -0.1) is 11.3 Å². The average molecular weight is 289 g/mol. The maximum Gasteiger partial charge on any atom is 0.250 e. The van der Waals surface area contributed by atoms with E-state index in [0.29, 0.717) is 11.0 Å². The molecule has 0 aliphatic heterocycles. The lowest BCUT2D eigenvalue weighted by atomic mass is 9.92. The third-order valence-corrected chi connectivity index (χ3v) is 3.96. The summed E-state index contributed by atoms with van der Waals surface area (Å²) in [4.78, 5) is 16.7. The fourth-order valence-electron chi connectivity index (χ4n) is 1.75. The highest BCUT2D eigenvalue weighted by Gasteiger charge is 2.31. The van der Waals surface area contributed by atoms with Crippen LogP contribution in [0.3, 0.4) is 0 Å². The third-order valence-electron chi connectivity index (χ3n) is 3.18. The van der Waals surface area contributed by atoms with Gasteiger partial charge in [0.2, 0.25) is 0 Å². The van der Waals surface area contributed by atoms with Gasteiger partial charge in [-0.1, -0.05) is 44.2 Å². The molecule has 1 amide bonds. The van der Waals surface area contributed by atoms with Gasteiger partial charge in [0.05, 0.1) is 5.69 Å². The lowest BCUT2D eigenvalue weighted by Gasteiger charge is -2.23. The van der Waals surface area contributed by atoms with Crippen molar-refractivity contribution in [1.29, 1.82) is 0 Å². The van der Waals surface area contributed by atoms with E-state index in [9.17, 15) is 4.79 Å². The Balaban J connectivity index is 2.14. The van der Waals surface area contributed by atoms with Gasteiger partial charge in [0, 0.05) is 5.38 Å². The molecule has 0 saturated carbocycles. The molecule has 1 unspecified atom stereocenters. The summed E-state index contributed by atoms with van der Waals surface area (Å²) in [5.74, 6) is 0.0867. The van der Waals surface area contributed by atoms with E-state index in [2.05, 4.69) is 24.1 Å². The van der Waals surface area contributed by atoms with Crippen molar-refractivity contribution in [2.75, 3.05) is 5.32 Å². The van der Waals surface area contributed by atoms with Gasteiger partial charge in [0.1, 0.15) is 5.54 Å². The zero-order valence-corrected chi connectivity index (χ0v) is 12.7. The van der Waals surface area contributed by atoms with Gasteiger partial charge in [-0.3, -0.25) is 4.79 Å². The second-order valence-corrected chi connectivity index (χ2v) is 6.11. The van der Waals surface area contributed by atoms with E-state index in [-0.39, 0.29) is 5.91 Å². The zero-order chi connectivity index (χ0) is 14.8. The summed E-state index contributed by atoms with van der Waals surface area (Å²) < 4.78 is 0. The first kappa shape index (κ1) is 14.7. The van der Waals surface area contributed by atoms with Crippen LogP contribution in [-0.2, 0) is 10.3 Å². The molecule has 2 aromatic rings. The highest BCUT2D eigenvalue weighted by molar-refractivity contribution is 7.13. The molecule has 2 rings (SSSR count). The van der Waals surface area contributed by atoms with Crippen LogP contribution < -0.4 is 11.1 Å². The van der Waals surface area contributed by atoms with Crippen LogP contribution in [-0.4, -0.2) is 10.9 Å². The van der Waals surface area contributed by atoms with Gasteiger partial charge in [0.15, 0.2) is 5.13 Å². The smallest absolute Gasteiger partial charge is 0.250 e. The molecule has 1 heterocycles. The number of carbonyl (C=O) groups is 1. The first-order chi connectivity index (χ1) is 9.41. The molecule has 20 heavy (non-hydrogen) atoms. The number of nitrogens with two attached hydrogens (primary N) is 1. The Morgan fingerprint density at radius 2 is 2.00 bits per heavy atom. The summed E-state index contributed by atoms with van der Waals surface area (Å²) in [7, 11) is 0. The van der Waals surface area contributed by atoms with Crippen molar-refractivity contribution >= 4 is 22.4 Å². The van der Waals surface area contributed by atoms with Crippen molar-refractivity contribution < 1.29 is 4.79 Å². The number of hydrogen-bond acceptors (Lipinski definition) is 4. The third kappa shape index (κ3) is 3.05. The molecule has 3 N–H and O–H groups in total. The number of amides is 1. The Labute approximate surface area is 123 Å². The maximum absolute atomic E-state index is 12.3. The molecule has 0 radical (unpaired) electrons. The monoisotopic (exact) mass is 289 g/mol. The Kier molecular flexibility index (Phi) is 4.20. The molecule has 4 nitrogen and oxygen atoms in total. The quantitative estimate of drug-likeness (QED) is 0.909. The molecule has 0 saturated heterocycles. The number of anilines is 1. The van der Waals surface area contributed by atoms with E-state index >= 15 is 0 Å². The fraction of sp³-hybridized carbons (Fsp3) is 0.333. The number of hydrogen-bond donors (Lipinski definition) is 2. The van der Waals surface area contributed by atoms with Gasteiger partial charge in [-0.2, -0.15) is 0 Å². The SMILES string of the molecule is CC(C)c1csc(NC(=O)C(C)(N)c2ccccc2)n1. The average Bonchev–Trinajstić information content (AvgIpc) is 2.88. The van der Waals surface area contributed by atoms with Crippen molar-refractivity contribution in [3.05, 3.63) is 47.0 Å². The first-order valence-corrected chi connectivity index (χ1v) is 7.40. The summed E-state index contributed by atoms with van der Waals surface area (Å²) in [6, 6.07) is 9.33. The summed E-state index contributed by atoms with van der Waals surface area (Å²) in [6.07, 6.45) is 0. The predicted octanol–water partition coefficient (Wildman–Crippen LogP) is 3.08.